The van der Waals surface area contributed by atoms with Gasteiger partial charge in [-0.2, -0.15) is 0 Å². The largest absolute Gasteiger partial charge is 0.494 e. The number of hydrogen-bond donors (Lipinski definition) is 1. The Kier molecular flexibility index (Phi) is 2.38. The van der Waals surface area contributed by atoms with Crippen molar-refractivity contribution < 1.29 is 4.74 Å². The third-order valence-corrected chi connectivity index (χ3v) is 3.38. The molecule has 0 radical (unpaired) electrons. The molecule has 0 aliphatic carbocycles. The van der Waals surface area contributed by atoms with Crippen molar-refractivity contribution in [1.82, 2.24) is 9.97 Å². The van der Waals surface area contributed by atoms with Crippen LogP contribution in [0.1, 0.15) is 0 Å². The Labute approximate surface area is 107 Å². The van der Waals surface area contributed by atoms with Gasteiger partial charge in [-0.25, -0.2) is 0 Å². The molecule has 0 unspecified atom stereocenters. The Morgan fingerprint density at radius 2 is 2.12 bits per heavy atom. The second kappa shape index (κ2) is 3.79. The van der Waals surface area contributed by atoms with Gasteiger partial charge in [0.2, 0.25) is 0 Å². The first-order valence-electron chi connectivity index (χ1n) is 4.99. The van der Waals surface area contributed by atoms with Gasteiger partial charge in [-0.15, -0.1) is 0 Å². The Hall–Kier alpha value is -1.45. The molecule has 0 bridgehead atoms. The lowest BCUT2D eigenvalue weighted by Crippen LogP contribution is -1.86. The molecular formula is C12H8Cl2N2O. The molecule has 17 heavy (non-hydrogen) atoms. The molecular weight excluding hydrogens is 259 g/mol. The number of aromatic nitrogens is 2. The molecule has 0 amide bonds. The molecule has 2 heterocycles. The first-order chi connectivity index (χ1) is 8.22. The van der Waals surface area contributed by atoms with Crippen LogP contribution in [0, 0.1) is 0 Å². The van der Waals surface area contributed by atoms with Gasteiger partial charge in [-0.3, -0.25) is 4.98 Å². The summed E-state index contributed by atoms with van der Waals surface area (Å²) in [5.74, 6) is 0.499. The van der Waals surface area contributed by atoms with E-state index in [1.54, 1.807) is 19.5 Å². The molecule has 5 heteroatoms. The van der Waals surface area contributed by atoms with Crippen molar-refractivity contribution in [1.29, 1.82) is 0 Å². The maximum absolute atomic E-state index is 6.32. The third-order valence-electron chi connectivity index (χ3n) is 2.74. The third kappa shape index (κ3) is 1.47. The number of nitrogens with zero attached hydrogens (tertiary/aromatic N) is 1. The van der Waals surface area contributed by atoms with E-state index < -0.39 is 0 Å². The number of hydrogen-bond acceptors (Lipinski definition) is 2. The van der Waals surface area contributed by atoms with Crippen LogP contribution in [0.5, 0.6) is 5.75 Å². The van der Waals surface area contributed by atoms with Gasteiger partial charge in [0.1, 0.15) is 0 Å². The highest BCUT2D eigenvalue weighted by Crippen LogP contribution is 2.41. The summed E-state index contributed by atoms with van der Waals surface area (Å²) >= 11 is 12.4. The number of aromatic amines is 1. The molecule has 0 saturated carbocycles. The minimum Gasteiger partial charge on any atom is -0.494 e. The molecule has 1 aromatic carbocycles. The lowest BCUT2D eigenvalue weighted by Gasteiger charge is -2.06. The maximum Gasteiger partial charge on any atom is 0.156 e. The zero-order valence-corrected chi connectivity index (χ0v) is 10.4. The Morgan fingerprint density at radius 1 is 1.29 bits per heavy atom. The average Bonchev–Trinajstić information content (AvgIpc) is 2.67. The van der Waals surface area contributed by atoms with Crippen molar-refractivity contribution in [2.24, 2.45) is 0 Å². The molecule has 1 N–H and O–H groups in total. The molecule has 0 atom stereocenters. The van der Waals surface area contributed by atoms with Crippen LogP contribution in [-0.4, -0.2) is 17.1 Å². The number of halogens is 2. The summed E-state index contributed by atoms with van der Waals surface area (Å²) in [6.45, 7) is 0. The smallest absolute Gasteiger partial charge is 0.156 e. The highest BCUT2D eigenvalue weighted by Gasteiger charge is 2.15. The van der Waals surface area contributed by atoms with E-state index >= 15 is 0 Å². The van der Waals surface area contributed by atoms with E-state index in [0.717, 1.165) is 21.8 Å². The van der Waals surface area contributed by atoms with E-state index in [0.29, 0.717) is 15.8 Å². The number of methoxy groups -OCH3 is 1. The molecule has 0 fully saturated rings. The normalized spacial score (nSPS) is 11.2. The number of ether oxygens (including phenoxy) is 1. The maximum atomic E-state index is 6.32. The molecule has 0 aliphatic rings. The summed E-state index contributed by atoms with van der Waals surface area (Å²) in [7, 11) is 1.55. The van der Waals surface area contributed by atoms with Gasteiger partial charge in [-0.1, -0.05) is 23.2 Å². The summed E-state index contributed by atoms with van der Waals surface area (Å²) in [4.78, 5) is 7.29. The Morgan fingerprint density at radius 3 is 2.88 bits per heavy atom. The second-order valence-electron chi connectivity index (χ2n) is 3.67. The summed E-state index contributed by atoms with van der Waals surface area (Å²) in [5.41, 5.74) is 1.80. The van der Waals surface area contributed by atoms with Crippen molar-refractivity contribution in [3.8, 4) is 5.75 Å². The number of pyridine rings is 1. The number of fused-ring (bicyclic) bond motifs is 3. The topological polar surface area (TPSA) is 37.9 Å². The monoisotopic (exact) mass is 266 g/mol. The van der Waals surface area contributed by atoms with Gasteiger partial charge in [0.05, 0.1) is 28.9 Å². The quantitative estimate of drug-likeness (QED) is 0.722. The minimum absolute atomic E-state index is 0.490. The lowest BCUT2D eigenvalue weighted by atomic mass is 10.2. The van der Waals surface area contributed by atoms with Crippen molar-refractivity contribution in [3.05, 3.63) is 34.6 Å². The average molecular weight is 267 g/mol. The molecule has 3 rings (SSSR count). The molecule has 0 saturated heterocycles. The molecule has 2 aromatic heterocycles. The van der Waals surface area contributed by atoms with Crippen LogP contribution in [0.25, 0.3) is 21.8 Å². The fourth-order valence-electron chi connectivity index (χ4n) is 2.01. The zero-order chi connectivity index (χ0) is 12.0. The van der Waals surface area contributed by atoms with Gasteiger partial charge in [0.15, 0.2) is 5.75 Å². The van der Waals surface area contributed by atoms with E-state index in [-0.39, 0.29) is 0 Å². The second-order valence-corrected chi connectivity index (χ2v) is 4.46. The van der Waals surface area contributed by atoms with Crippen molar-refractivity contribution >= 4 is 45.0 Å². The van der Waals surface area contributed by atoms with Gasteiger partial charge < -0.3 is 9.72 Å². The minimum atomic E-state index is 0.490. The van der Waals surface area contributed by atoms with Crippen LogP contribution in [0.3, 0.4) is 0 Å². The lowest BCUT2D eigenvalue weighted by molar-refractivity contribution is 0.416. The summed E-state index contributed by atoms with van der Waals surface area (Å²) in [6, 6.07) is 3.72. The molecule has 3 aromatic rings. The standard InChI is InChI=1S/C12H8Cl2N2O/c1-17-12-7(13)4-8-10(11(12)14)6-2-3-15-5-9(6)16-8/h2-5,16H,1H3. The van der Waals surface area contributed by atoms with E-state index in [2.05, 4.69) is 9.97 Å². The van der Waals surface area contributed by atoms with Crippen LogP contribution in [0.15, 0.2) is 24.5 Å². The Bertz CT molecular complexity index is 721. The van der Waals surface area contributed by atoms with Gasteiger partial charge in [0.25, 0.3) is 0 Å². The highest BCUT2D eigenvalue weighted by atomic mass is 35.5. The van der Waals surface area contributed by atoms with E-state index in [9.17, 15) is 0 Å². The summed E-state index contributed by atoms with van der Waals surface area (Å²) in [6.07, 6.45) is 3.49. The van der Waals surface area contributed by atoms with Crippen LogP contribution in [0.4, 0.5) is 0 Å². The summed E-state index contributed by atoms with van der Waals surface area (Å²) in [5, 5.41) is 2.93. The van der Waals surface area contributed by atoms with Crippen molar-refractivity contribution in [3.63, 3.8) is 0 Å². The number of benzene rings is 1. The number of H-pyrrole nitrogens is 1. The van der Waals surface area contributed by atoms with Gasteiger partial charge >= 0.3 is 0 Å². The molecule has 0 aliphatic heterocycles. The molecule has 86 valence electrons. The predicted molar refractivity (Wildman–Crippen MR) is 70.2 cm³/mol. The SMILES string of the molecule is COc1c(Cl)cc2[nH]c3cnccc3c2c1Cl. The van der Waals surface area contributed by atoms with Crippen molar-refractivity contribution in [2.45, 2.75) is 0 Å². The Balaban J connectivity index is 2.55. The molecule has 3 nitrogen and oxygen atoms in total. The van der Waals surface area contributed by atoms with Crippen LogP contribution < -0.4 is 4.74 Å². The first-order valence-corrected chi connectivity index (χ1v) is 5.75. The van der Waals surface area contributed by atoms with E-state index in [1.165, 1.54) is 0 Å². The van der Waals surface area contributed by atoms with Crippen molar-refractivity contribution in [2.75, 3.05) is 7.11 Å². The van der Waals surface area contributed by atoms with E-state index in [4.69, 9.17) is 27.9 Å². The van der Waals surface area contributed by atoms with Crippen LogP contribution in [-0.2, 0) is 0 Å². The highest BCUT2D eigenvalue weighted by molar-refractivity contribution is 6.42. The predicted octanol–water partition coefficient (Wildman–Crippen LogP) is 4.03. The fraction of sp³-hybridized carbons (Fsp3) is 0.0833. The number of rotatable bonds is 1. The summed E-state index contributed by atoms with van der Waals surface area (Å²) < 4.78 is 5.21. The zero-order valence-electron chi connectivity index (χ0n) is 8.92. The van der Waals surface area contributed by atoms with Crippen LogP contribution >= 0.6 is 23.2 Å². The first kappa shape index (κ1) is 10.7. The van der Waals surface area contributed by atoms with Crippen LogP contribution in [0.2, 0.25) is 10.0 Å². The fourth-order valence-corrected chi connectivity index (χ4v) is 2.72. The molecule has 0 spiro atoms. The van der Waals surface area contributed by atoms with Gasteiger partial charge in [0, 0.05) is 22.5 Å². The number of nitrogens with one attached hydrogen (secondary N) is 1. The van der Waals surface area contributed by atoms with E-state index in [1.807, 2.05) is 12.1 Å². The van der Waals surface area contributed by atoms with Gasteiger partial charge in [-0.05, 0) is 12.1 Å².